The van der Waals surface area contributed by atoms with Gasteiger partial charge in [0.1, 0.15) is 5.75 Å². The van der Waals surface area contributed by atoms with Gasteiger partial charge in [0.15, 0.2) is 0 Å². The van der Waals surface area contributed by atoms with Gasteiger partial charge < -0.3 is 10.1 Å². The van der Waals surface area contributed by atoms with Crippen molar-refractivity contribution < 1.29 is 4.74 Å². The molecule has 1 N–H and O–H groups in total. The highest BCUT2D eigenvalue weighted by Gasteiger charge is 1.86. The Kier molecular flexibility index (Phi) is 5.42. The molecule has 0 saturated heterocycles. The predicted octanol–water partition coefficient (Wildman–Crippen LogP) is 3.73. The summed E-state index contributed by atoms with van der Waals surface area (Å²) in [5.41, 5.74) is 0.989. The number of allylic oxidation sites excluding steroid dienone is 4. The minimum atomic E-state index is 0.596. The first kappa shape index (κ1) is 12.0. The summed E-state index contributed by atoms with van der Waals surface area (Å²) in [6.07, 6.45) is 8.97. The Morgan fingerprint density at radius 1 is 1.31 bits per heavy atom. The van der Waals surface area contributed by atoms with Gasteiger partial charge in [-0.2, -0.15) is 0 Å². The third-order valence-electron chi connectivity index (χ3n) is 1.94. The highest BCUT2D eigenvalue weighted by atomic mass is 16.5. The van der Waals surface area contributed by atoms with E-state index in [0.29, 0.717) is 6.42 Å². The number of para-hydroxylation sites is 1. The third kappa shape index (κ3) is 4.42. The average Bonchev–Trinajstić information content (AvgIpc) is 2.34. The first-order valence-corrected chi connectivity index (χ1v) is 5.05. The van der Waals surface area contributed by atoms with Crippen LogP contribution in [0.25, 0.3) is 0 Å². The van der Waals surface area contributed by atoms with E-state index in [1.165, 1.54) is 6.21 Å². The molecule has 0 aliphatic rings. The molecular formula is C14H15NO. The van der Waals surface area contributed by atoms with E-state index in [1.807, 2.05) is 36.4 Å². The molecule has 16 heavy (non-hydrogen) atoms. The Morgan fingerprint density at radius 2 is 2.06 bits per heavy atom. The average molecular weight is 213 g/mol. The predicted molar refractivity (Wildman–Crippen MR) is 67.9 cm³/mol. The van der Waals surface area contributed by atoms with E-state index in [2.05, 4.69) is 6.58 Å². The molecule has 0 aromatic heterocycles. The van der Waals surface area contributed by atoms with Gasteiger partial charge in [-0.05, 0) is 30.0 Å². The first-order chi connectivity index (χ1) is 7.86. The van der Waals surface area contributed by atoms with Crippen LogP contribution in [0.1, 0.15) is 6.42 Å². The van der Waals surface area contributed by atoms with Crippen molar-refractivity contribution in [3.05, 3.63) is 67.0 Å². The summed E-state index contributed by atoms with van der Waals surface area (Å²) < 4.78 is 5.36. The molecule has 82 valence electrons. The van der Waals surface area contributed by atoms with E-state index in [-0.39, 0.29) is 0 Å². The van der Waals surface area contributed by atoms with Crippen molar-refractivity contribution >= 4 is 6.21 Å². The fraction of sp³-hybridized carbons (Fsp3) is 0.0714. The van der Waals surface area contributed by atoms with Gasteiger partial charge in [-0.3, -0.25) is 0 Å². The second-order valence-corrected chi connectivity index (χ2v) is 3.11. The smallest absolute Gasteiger partial charge is 0.126 e. The van der Waals surface area contributed by atoms with Crippen LogP contribution in [0, 0.1) is 5.41 Å². The Balaban J connectivity index is 2.48. The van der Waals surface area contributed by atoms with E-state index >= 15 is 0 Å². The Morgan fingerprint density at radius 3 is 2.69 bits per heavy atom. The van der Waals surface area contributed by atoms with Crippen molar-refractivity contribution in [3.8, 4) is 5.75 Å². The van der Waals surface area contributed by atoms with Crippen molar-refractivity contribution in [2.45, 2.75) is 6.42 Å². The van der Waals surface area contributed by atoms with Crippen LogP contribution in [0.5, 0.6) is 5.75 Å². The van der Waals surface area contributed by atoms with Crippen molar-refractivity contribution in [2.24, 2.45) is 0 Å². The molecule has 1 aromatic rings. The van der Waals surface area contributed by atoms with E-state index in [4.69, 9.17) is 10.1 Å². The lowest BCUT2D eigenvalue weighted by molar-refractivity contribution is 0.481. The summed E-state index contributed by atoms with van der Waals surface area (Å²) >= 11 is 0. The van der Waals surface area contributed by atoms with Gasteiger partial charge in [0.05, 0.1) is 6.26 Å². The molecule has 1 aromatic carbocycles. The Bertz CT molecular complexity index is 390. The third-order valence-corrected chi connectivity index (χ3v) is 1.94. The SMILES string of the molecule is C=C/C(=C\C=C\Oc1ccccc1)CC=N. The maximum atomic E-state index is 6.98. The van der Waals surface area contributed by atoms with E-state index < -0.39 is 0 Å². The number of ether oxygens (including phenoxy) is 1. The van der Waals surface area contributed by atoms with Crippen molar-refractivity contribution in [1.82, 2.24) is 0 Å². The fourth-order valence-corrected chi connectivity index (χ4v) is 1.12. The molecule has 0 spiro atoms. The van der Waals surface area contributed by atoms with Crippen molar-refractivity contribution in [3.63, 3.8) is 0 Å². The summed E-state index contributed by atoms with van der Waals surface area (Å²) in [4.78, 5) is 0. The molecule has 0 saturated carbocycles. The monoisotopic (exact) mass is 213 g/mol. The van der Waals surface area contributed by atoms with Gasteiger partial charge in [0.25, 0.3) is 0 Å². The topological polar surface area (TPSA) is 33.1 Å². The highest BCUT2D eigenvalue weighted by Crippen LogP contribution is 2.08. The van der Waals surface area contributed by atoms with Crippen molar-refractivity contribution in [2.75, 3.05) is 0 Å². The van der Waals surface area contributed by atoms with Crippen LogP contribution >= 0.6 is 0 Å². The number of rotatable bonds is 6. The lowest BCUT2D eigenvalue weighted by Crippen LogP contribution is -1.81. The van der Waals surface area contributed by atoms with Gasteiger partial charge in [0, 0.05) is 6.42 Å². The fourth-order valence-electron chi connectivity index (χ4n) is 1.12. The maximum absolute atomic E-state index is 6.98. The molecule has 2 heteroatoms. The minimum Gasteiger partial charge on any atom is -0.465 e. The van der Waals surface area contributed by atoms with Gasteiger partial charge in [-0.25, -0.2) is 0 Å². The lowest BCUT2D eigenvalue weighted by atomic mass is 10.2. The van der Waals surface area contributed by atoms with Crippen LogP contribution in [-0.4, -0.2) is 6.21 Å². The molecule has 0 aliphatic heterocycles. The first-order valence-electron chi connectivity index (χ1n) is 5.05. The van der Waals surface area contributed by atoms with Crippen LogP contribution in [0.3, 0.4) is 0 Å². The Labute approximate surface area is 96.1 Å². The summed E-state index contributed by atoms with van der Waals surface area (Å²) in [7, 11) is 0. The molecule has 0 unspecified atom stereocenters. The molecule has 0 bridgehead atoms. The van der Waals surface area contributed by atoms with E-state index in [9.17, 15) is 0 Å². The van der Waals surface area contributed by atoms with Gasteiger partial charge in [-0.1, -0.05) is 36.9 Å². The standard InChI is InChI=1S/C14H15NO/c1-2-13(10-11-15)7-6-12-16-14-8-4-3-5-9-14/h2-9,11-12,15H,1,10H2/b12-6+,13-7+,15-11?. The van der Waals surface area contributed by atoms with Crippen LogP contribution in [0.2, 0.25) is 0 Å². The van der Waals surface area contributed by atoms with Crippen LogP contribution < -0.4 is 4.74 Å². The van der Waals surface area contributed by atoms with Gasteiger partial charge >= 0.3 is 0 Å². The molecule has 1 rings (SSSR count). The zero-order valence-electron chi connectivity index (χ0n) is 9.10. The quantitative estimate of drug-likeness (QED) is 0.436. The maximum Gasteiger partial charge on any atom is 0.126 e. The highest BCUT2D eigenvalue weighted by molar-refractivity contribution is 5.59. The van der Waals surface area contributed by atoms with Crippen LogP contribution in [-0.2, 0) is 0 Å². The number of hydrogen-bond acceptors (Lipinski definition) is 2. The second kappa shape index (κ2) is 7.23. The molecule has 0 radical (unpaired) electrons. The number of hydrogen-bond donors (Lipinski definition) is 1. The van der Waals surface area contributed by atoms with E-state index in [0.717, 1.165) is 11.3 Å². The van der Waals surface area contributed by atoms with E-state index in [1.54, 1.807) is 18.4 Å². The largest absolute Gasteiger partial charge is 0.465 e. The summed E-state index contributed by atoms with van der Waals surface area (Å²) in [5.74, 6) is 0.805. The molecule has 0 aliphatic carbocycles. The molecule has 0 amide bonds. The van der Waals surface area contributed by atoms with Gasteiger partial charge in [0.2, 0.25) is 0 Å². The zero-order valence-corrected chi connectivity index (χ0v) is 9.10. The Hall–Kier alpha value is -2.09. The van der Waals surface area contributed by atoms with Gasteiger partial charge in [-0.15, -0.1) is 0 Å². The summed E-state index contributed by atoms with van der Waals surface area (Å²) in [5, 5.41) is 6.98. The van der Waals surface area contributed by atoms with Crippen LogP contribution in [0.15, 0.2) is 67.0 Å². The van der Waals surface area contributed by atoms with Crippen LogP contribution in [0.4, 0.5) is 0 Å². The normalized spacial score (nSPS) is 11.4. The summed E-state index contributed by atoms with van der Waals surface area (Å²) in [6, 6.07) is 9.56. The molecule has 0 atom stereocenters. The lowest BCUT2D eigenvalue weighted by Gasteiger charge is -1.97. The molecule has 0 fully saturated rings. The minimum absolute atomic E-state index is 0.596. The van der Waals surface area contributed by atoms with Crippen molar-refractivity contribution in [1.29, 1.82) is 5.41 Å². The zero-order chi connectivity index (χ0) is 11.6. The molecule has 2 nitrogen and oxygen atoms in total. The molecular weight excluding hydrogens is 198 g/mol. The second-order valence-electron chi connectivity index (χ2n) is 3.11. The molecule has 0 heterocycles. The number of benzene rings is 1. The summed E-state index contributed by atoms with van der Waals surface area (Å²) in [6.45, 7) is 3.67. The number of nitrogens with one attached hydrogen (secondary N) is 1.